The van der Waals surface area contributed by atoms with Crippen molar-refractivity contribution in [3.8, 4) is 5.75 Å². The van der Waals surface area contributed by atoms with Gasteiger partial charge < -0.3 is 4.74 Å². The number of rotatable bonds is 5. The number of imide groups is 1. The predicted molar refractivity (Wildman–Crippen MR) is 109 cm³/mol. The van der Waals surface area contributed by atoms with Crippen LogP contribution in [0.25, 0.3) is 6.08 Å². The van der Waals surface area contributed by atoms with Crippen LogP contribution in [0.3, 0.4) is 0 Å². The molecule has 0 saturated carbocycles. The van der Waals surface area contributed by atoms with Crippen LogP contribution in [0.4, 0.5) is 4.79 Å². The zero-order valence-corrected chi connectivity index (χ0v) is 16.7. The van der Waals surface area contributed by atoms with E-state index >= 15 is 0 Å². The third-order valence-corrected chi connectivity index (χ3v) is 5.32. The molecule has 1 aliphatic rings. The lowest BCUT2D eigenvalue weighted by Crippen LogP contribution is -2.32. The van der Waals surface area contributed by atoms with Gasteiger partial charge in [-0.2, -0.15) is 0 Å². The molecule has 2 amide bonds. The summed E-state index contributed by atoms with van der Waals surface area (Å²) in [6.45, 7) is 0.438. The molecule has 0 spiro atoms. The summed E-state index contributed by atoms with van der Waals surface area (Å²) in [6.07, 6.45) is 1.74. The van der Waals surface area contributed by atoms with Crippen molar-refractivity contribution in [2.75, 3.05) is 13.2 Å². The summed E-state index contributed by atoms with van der Waals surface area (Å²) in [6, 6.07) is 14.7. The molecule has 3 rings (SSSR count). The molecule has 7 heteroatoms. The number of benzene rings is 2. The zero-order chi connectivity index (χ0) is 17.8. The molecule has 1 saturated heterocycles. The lowest BCUT2D eigenvalue weighted by atomic mass is 10.2. The van der Waals surface area contributed by atoms with Gasteiger partial charge in [0.1, 0.15) is 12.4 Å². The molecule has 1 heterocycles. The Morgan fingerprint density at radius 2 is 1.76 bits per heavy atom. The number of halogens is 2. The van der Waals surface area contributed by atoms with E-state index in [9.17, 15) is 9.59 Å². The van der Waals surface area contributed by atoms with Crippen LogP contribution in [-0.2, 0) is 4.79 Å². The van der Waals surface area contributed by atoms with Crippen LogP contribution in [-0.4, -0.2) is 29.2 Å². The van der Waals surface area contributed by atoms with Crippen molar-refractivity contribution in [3.05, 3.63) is 67.6 Å². The highest BCUT2D eigenvalue weighted by atomic mass is 127. The summed E-state index contributed by atoms with van der Waals surface area (Å²) in [5.41, 5.74) is 0.892. The Morgan fingerprint density at radius 3 is 2.44 bits per heavy atom. The summed E-state index contributed by atoms with van der Waals surface area (Å²) >= 11 is 8.99. The van der Waals surface area contributed by atoms with E-state index < -0.39 is 0 Å². The number of hydrogen-bond donors (Lipinski definition) is 0. The lowest BCUT2D eigenvalue weighted by molar-refractivity contribution is -0.123. The number of thioether (sulfide) groups is 1. The van der Waals surface area contributed by atoms with Crippen molar-refractivity contribution in [2.45, 2.75) is 0 Å². The van der Waals surface area contributed by atoms with Crippen LogP contribution < -0.4 is 4.74 Å². The maximum atomic E-state index is 12.4. The molecule has 0 unspecified atom stereocenters. The first-order valence-electron chi connectivity index (χ1n) is 7.42. The smallest absolute Gasteiger partial charge is 0.293 e. The molecule has 0 bridgehead atoms. The summed E-state index contributed by atoms with van der Waals surface area (Å²) in [5.74, 6) is 0.360. The van der Waals surface area contributed by atoms with Gasteiger partial charge in [0, 0.05) is 8.59 Å². The first-order chi connectivity index (χ1) is 12.0. The Balaban J connectivity index is 1.61. The molecule has 4 nitrogen and oxygen atoms in total. The fourth-order valence-electron chi connectivity index (χ4n) is 2.19. The Labute approximate surface area is 168 Å². The number of carbonyl (C=O) groups excluding carboxylic acids is 2. The molecular weight excluding hydrogens is 473 g/mol. The van der Waals surface area contributed by atoms with E-state index in [-0.39, 0.29) is 24.3 Å². The summed E-state index contributed by atoms with van der Waals surface area (Å²) < 4.78 is 6.67. The fraction of sp³-hybridized carbons (Fsp3) is 0.111. The summed E-state index contributed by atoms with van der Waals surface area (Å²) in [4.78, 5) is 26.1. The van der Waals surface area contributed by atoms with Gasteiger partial charge in [-0.15, -0.1) is 0 Å². The molecule has 1 fully saturated rings. The number of amides is 2. The Kier molecular flexibility index (Phi) is 6.03. The van der Waals surface area contributed by atoms with Crippen LogP contribution in [0.1, 0.15) is 5.56 Å². The predicted octanol–water partition coefficient (Wildman–Crippen LogP) is 5.06. The van der Waals surface area contributed by atoms with Crippen molar-refractivity contribution >= 4 is 63.2 Å². The van der Waals surface area contributed by atoms with Gasteiger partial charge in [-0.1, -0.05) is 23.7 Å². The summed E-state index contributed by atoms with van der Waals surface area (Å²) in [5, 5.41) is 0.348. The molecule has 0 aliphatic carbocycles. The van der Waals surface area contributed by atoms with Crippen molar-refractivity contribution in [1.82, 2.24) is 4.90 Å². The van der Waals surface area contributed by atoms with E-state index in [4.69, 9.17) is 16.3 Å². The minimum atomic E-state index is -0.284. The third kappa shape index (κ3) is 4.77. The molecule has 2 aromatic rings. The fourth-order valence-corrected chi connectivity index (χ4v) is 3.54. The molecule has 0 aromatic heterocycles. The highest BCUT2D eigenvalue weighted by Gasteiger charge is 2.34. The second-order valence-electron chi connectivity index (χ2n) is 5.19. The molecule has 0 radical (unpaired) electrons. The molecule has 128 valence electrons. The number of carbonyl (C=O) groups is 2. The van der Waals surface area contributed by atoms with Gasteiger partial charge in [0.25, 0.3) is 11.1 Å². The normalized spacial score (nSPS) is 15.9. The van der Waals surface area contributed by atoms with Crippen molar-refractivity contribution < 1.29 is 14.3 Å². The van der Waals surface area contributed by atoms with E-state index in [1.165, 1.54) is 4.90 Å². The second kappa shape index (κ2) is 8.25. The van der Waals surface area contributed by atoms with Gasteiger partial charge in [-0.25, -0.2) is 0 Å². The van der Waals surface area contributed by atoms with Crippen LogP contribution >= 0.6 is 46.0 Å². The topological polar surface area (TPSA) is 46.6 Å². The summed E-state index contributed by atoms with van der Waals surface area (Å²) in [7, 11) is 0. The number of ether oxygens (including phenoxy) is 1. The van der Waals surface area contributed by atoms with Gasteiger partial charge in [0.05, 0.1) is 11.4 Å². The van der Waals surface area contributed by atoms with E-state index in [1.807, 2.05) is 24.3 Å². The van der Waals surface area contributed by atoms with E-state index in [0.717, 1.165) is 20.9 Å². The standard InChI is InChI=1S/C18H13ClINO3S/c19-13-3-7-15(8-4-13)24-10-9-21-17(22)16(25-18(21)23)11-12-1-5-14(20)6-2-12/h1-8,11H,9-10H2/b16-11-. The number of hydrogen-bond acceptors (Lipinski definition) is 4. The van der Waals surface area contributed by atoms with Crippen molar-refractivity contribution in [2.24, 2.45) is 0 Å². The Morgan fingerprint density at radius 1 is 1.08 bits per heavy atom. The van der Waals surface area contributed by atoms with E-state index in [0.29, 0.717) is 15.7 Å². The van der Waals surface area contributed by atoms with Crippen molar-refractivity contribution in [3.63, 3.8) is 0 Å². The van der Waals surface area contributed by atoms with Crippen LogP contribution in [0, 0.1) is 3.57 Å². The third-order valence-electron chi connectivity index (χ3n) is 3.44. The molecule has 0 N–H and O–H groups in total. The van der Waals surface area contributed by atoms with Crippen LogP contribution in [0.2, 0.25) is 5.02 Å². The molecule has 2 aromatic carbocycles. The van der Waals surface area contributed by atoms with Gasteiger partial charge in [0.2, 0.25) is 0 Å². The maximum Gasteiger partial charge on any atom is 0.293 e. The Bertz CT molecular complexity index is 821. The molecule has 1 aliphatic heterocycles. The quantitative estimate of drug-likeness (QED) is 0.439. The minimum absolute atomic E-state index is 0.206. The zero-order valence-electron chi connectivity index (χ0n) is 12.9. The monoisotopic (exact) mass is 485 g/mol. The molecule has 0 atom stereocenters. The van der Waals surface area contributed by atoms with Crippen molar-refractivity contribution in [1.29, 1.82) is 0 Å². The Hall–Kier alpha value is -1.51. The second-order valence-corrected chi connectivity index (χ2v) is 7.86. The lowest BCUT2D eigenvalue weighted by Gasteiger charge is -2.13. The van der Waals surface area contributed by atoms with E-state index in [2.05, 4.69) is 22.6 Å². The maximum absolute atomic E-state index is 12.4. The number of nitrogens with zero attached hydrogens (tertiary/aromatic N) is 1. The molecular formula is C18H13ClINO3S. The average Bonchev–Trinajstić information content (AvgIpc) is 2.86. The van der Waals surface area contributed by atoms with Gasteiger partial charge in [0.15, 0.2) is 0 Å². The van der Waals surface area contributed by atoms with Crippen LogP contribution in [0.5, 0.6) is 5.75 Å². The van der Waals surface area contributed by atoms with Gasteiger partial charge in [-0.3, -0.25) is 14.5 Å². The average molecular weight is 486 g/mol. The van der Waals surface area contributed by atoms with Gasteiger partial charge in [-0.05, 0) is 82.4 Å². The SMILES string of the molecule is O=C1S/C(=C\c2ccc(I)cc2)C(=O)N1CCOc1ccc(Cl)cc1. The highest BCUT2D eigenvalue weighted by Crippen LogP contribution is 2.32. The van der Waals surface area contributed by atoms with Crippen LogP contribution in [0.15, 0.2) is 53.4 Å². The first kappa shape index (κ1) is 18.3. The largest absolute Gasteiger partial charge is 0.492 e. The van der Waals surface area contributed by atoms with Gasteiger partial charge >= 0.3 is 0 Å². The highest BCUT2D eigenvalue weighted by molar-refractivity contribution is 14.1. The molecule has 25 heavy (non-hydrogen) atoms. The first-order valence-corrected chi connectivity index (χ1v) is 9.69. The van der Waals surface area contributed by atoms with E-state index in [1.54, 1.807) is 30.3 Å². The minimum Gasteiger partial charge on any atom is -0.492 e.